The van der Waals surface area contributed by atoms with E-state index in [-0.39, 0.29) is 6.10 Å². The zero-order valence-corrected chi connectivity index (χ0v) is 12.3. The number of nitrogens with zero attached hydrogens (tertiary/aromatic N) is 1. The van der Waals surface area contributed by atoms with Crippen LogP contribution in [0.2, 0.25) is 0 Å². The monoisotopic (exact) mass is 260 g/mol. The minimum atomic E-state index is 0.251. The van der Waals surface area contributed by atoms with Crippen molar-refractivity contribution in [3.63, 3.8) is 0 Å². The maximum atomic E-state index is 5.75. The molecule has 3 heteroatoms. The van der Waals surface area contributed by atoms with Crippen LogP contribution in [0, 0.1) is 0 Å². The molecule has 0 spiro atoms. The molecule has 0 radical (unpaired) electrons. The first-order chi connectivity index (χ1) is 9.02. The molecule has 1 aromatic heterocycles. The quantitative estimate of drug-likeness (QED) is 0.892. The summed E-state index contributed by atoms with van der Waals surface area (Å²) in [5, 5.41) is 1.27. The number of benzene rings is 1. The van der Waals surface area contributed by atoms with E-state index >= 15 is 0 Å². The SMILES string of the molecule is CC(C)OCc1cn(C(C)C)c2cc(CN)ccc12. The Morgan fingerprint density at radius 3 is 2.53 bits per heavy atom. The van der Waals surface area contributed by atoms with E-state index in [1.807, 2.05) is 0 Å². The van der Waals surface area contributed by atoms with Crippen molar-refractivity contribution in [2.75, 3.05) is 0 Å². The number of aromatic nitrogens is 1. The highest BCUT2D eigenvalue weighted by molar-refractivity contribution is 5.84. The van der Waals surface area contributed by atoms with Gasteiger partial charge in [0.25, 0.3) is 0 Å². The lowest BCUT2D eigenvalue weighted by Gasteiger charge is -2.09. The van der Waals surface area contributed by atoms with Crippen LogP contribution in [0.1, 0.15) is 44.9 Å². The lowest BCUT2D eigenvalue weighted by molar-refractivity contribution is 0.0663. The fourth-order valence-electron chi connectivity index (χ4n) is 2.30. The van der Waals surface area contributed by atoms with Crippen LogP contribution in [-0.4, -0.2) is 10.7 Å². The molecule has 3 nitrogen and oxygen atoms in total. The molecule has 0 saturated carbocycles. The van der Waals surface area contributed by atoms with Gasteiger partial charge in [-0.3, -0.25) is 0 Å². The molecule has 19 heavy (non-hydrogen) atoms. The first kappa shape index (κ1) is 14.1. The lowest BCUT2D eigenvalue weighted by Crippen LogP contribution is -2.02. The molecular weight excluding hydrogens is 236 g/mol. The second-order valence-electron chi connectivity index (χ2n) is 5.57. The first-order valence-electron chi connectivity index (χ1n) is 6.97. The second kappa shape index (κ2) is 5.76. The van der Waals surface area contributed by atoms with Crippen molar-refractivity contribution in [2.45, 2.75) is 53.0 Å². The van der Waals surface area contributed by atoms with Crippen molar-refractivity contribution >= 4 is 10.9 Å². The molecular formula is C16H24N2O. The van der Waals surface area contributed by atoms with Gasteiger partial charge in [0.05, 0.1) is 12.7 Å². The van der Waals surface area contributed by atoms with Crippen LogP contribution in [-0.2, 0) is 17.9 Å². The van der Waals surface area contributed by atoms with Gasteiger partial charge in [0.1, 0.15) is 0 Å². The zero-order chi connectivity index (χ0) is 14.0. The van der Waals surface area contributed by atoms with Crippen LogP contribution in [0.3, 0.4) is 0 Å². The van der Waals surface area contributed by atoms with Crippen LogP contribution in [0.5, 0.6) is 0 Å². The van der Waals surface area contributed by atoms with E-state index in [9.17, 15) is 0 Å². The number of nitrogens with two attached hydrogens (primary N) is 1. The van der Waals surface area contributed by atoms with Gasteiger partial charge in [0.15, 0.2) is 0 Å². The molecule has 1 aromatic carbocycles. The maximum absolute atomic E-state index is 5.75. The Labute approximate surface area is 115 Å². The van der Waals surface area contributed by atoms with Crippen LogP contribution in [0.25, 0.3) is 10.9 Å². The van der Waals surface area contributed by atoms with Crippen molar-refractivity contribution < 1.29 is 4.74 Å². The van der Waals surface area contributed by atoms with Crippen molar-refractivity contribution in [2.24, 2.45) is 5.73 Å². The standard InChI is InChI=1S/C16H24N2O/c1-11(2)18-9-14(10-19-12(3)4)15-6-5-13(8-17)7-16(15)18/h5-7,9,11-12H,8,10,17H2,1-4H3. The zero-order valence-electron chi connectivity index (χ0n) is 12.3. The molecule has 104 valence electrons. The van der Waals surface area contributed by atoms with Crippen molar-refractivity contribution in [3.05, 3.63) is 35.5 Å². The highest BCUT2D eigenvalue weighted by Gasteiger charge is 2.11. The molecule has 0 aliphatic carbocycles. The van der Waals surface area contributed by atoms with Crippen LogP contribution in [0.4, 0.5) is 0 Å². The van der Waals surface area contributed by atoms with Crippen molar-refractivity contribution in [1.82, 2.24) is 4.57 Å². The Balaban J connectivity index is 2.47. The molecule has 0 atom stereocenters. The summed E-state index contributed by atoms with van der Waals surface area (Å²) in [5.74, 6) is 0. The van der Waals surface area contributed by atoms with Gasteiger partial charge in [-0.1, -0.05) is 12.1 Å². The number of fused-ring (bicyclic) bond motifs is 1. The minimum absolute atomic E-state index is 0.251. The third kappa shape index (κ3) is 2.99. The molecule has 1 heterocycles. The molecule has 0 aliphatic rings. The van der Waals surface area contributed by atoms with E-state index in [4.69, 9.17) is 10.5 Å². The molecule has 0 fully saturated rings. The normalized spacial score (nSPS) is 11.9. The Morgan fingerprint density at radius 2 is 1.95 bits per heavy atom. The fourth-order valence-corrected chi connectivity index (χ4v) is 2.30. The second-order valence-corrected chi connectivity index (χ2v) is 5.57. The highest BCUT2D eigenvalue weighted by Crippen LogP contribution is 2.26. The number of rotatable bonds is 5. The Morgan fingerprint density at radius 1 is 1.21 bits per heavy atom. The largest absolute Gasteiger partial charge is 0.374 e. The van der Waals surface area contributed by atoms with E-state index in [1.54, 1.807) is 0 Å². The molecule has 0 bridgehead atoms. The van der Waals surface area contributed by atoms with Gasteiger partial charge in [0, 0.05) is 35.2 Å². The van der Waals surface area contributed by atoms with Gasteiger partial charge < -0.3 is 15.0 Å². The molecule has 0 unspecified atom stereocenters. The van der Waals surface area contributed by atoms with Gasteiger partial charge in [-0.05, 0) is 39.3 Å². The van der Waals surface area contributed by atoms with Gasteiger partial charge in [-0.25, -0.2) is 0 Å². The fraction of sp³-hybridized carbons (Fsp3) is 0.500. The van der Waals surface area contributed by atoms with Crippen LogP contribution >= 0.6 is 0 Å². The smallest absolute Gasteiger partial charge is 0.0741 e. The first-order valence-corrected chi connectivity index (χ1v) is 6.97. The topological polar surface area (TPSA) is 40.2 Å². The van der Waals surface area contributed by atoms with Gasteiger partial charge in [-0.2, -0.15) is 0 Å². The van der Waals surface area contributed by atoms with Crippen LogP contribution in [0.15, 0.2) is 24.4 Å². The third-order valence-electron chi connectivity index (χ3n) is 3.35. The molecule has 0 aliphatic heterocycles. The summed E-state index contributed by atoms with van der Waals surface area (Å²) in [5.41, 5.74) is 9.41. The van der Waals surface area contributed by atoms with Gasteiger partial charge in [0.2, 0.25) is 0 Å². The summed E-state index contributed by atoms with van der Waals surface area (Å²) in [7, 11) is 0. The number of ether oxygens (including phenoxy) is 1. The van der Waals surface area contributed by atoms with Crippen LogP contribution < -0.4 is 5.73 Å². The van der Waals surface area contributed by atoms with E-state index in [0.29, 0.717) is 19.2 Å². The van der Waals surface area contributed by atoms with Gasteiger partial charge >= 0.3 is 0 Å². The predicted octanol–water partition coefficient (Wildman–Crippen LogP) is 3.61. The van der Waals surface area contributed by atoms with E-state index in [2.05, 4.69) is 56.7 Å². The number of hydrogen-bond donors (Lipinski definition) is 1. The number of hydrogen-bond acceptors (Lipinski definition) is 2. The predicted molar refractivity (Wildman–Crippen MR) is 80.1 cm³/mol. The summed E-state index contributed by atoms with van der Waals surface area (Å²) in [6, 6.07) is 6.89. The Hall–Kier alpha value is -1.32. The van der Waals surface area contributed by atoms with E-state index in [0.717, 1.165) is 0 Å². The van der Waals surface area contributed by atoms with E-state index in [1.165, 1.54) is 22.0 Å². The molecule has 0 amide bonds. The Bertz CT molecular complexity index is 555. The molecule has 2 rings (SSSR count). The molecule has 0 saturated heterocycles. The summed E-state index contributed by atoms with van der Waals surface area (Å²) < 4.78 is 8.05. The summed E-state index contributed by atoms with van der Waals surface area (Å²) >= 11 is 0. The summed E-state index contributed by atoms with van der Waals surface area (Å²) in [4.78, 5) is 0. The van der Waals surface area contributed by atoms with Gasteiger partial charge in [-0.15, -0.1) is 0 Å². The van der Waals surface area contributed by atoms with E-state index < -0.39 is 0 Å². The molecule has 2 aromatic rings. The summed E-state index contributed by atoms with van der Waals surface area (Å²) in [6.45, 7) is 9.76. The van der Waals surface area contributed by atoms with Crippen molar-refractivity contribution in [1.29, 1.82) is 0 Å². The lowest BCUT2D eigenvalue weighted by atomic mass is 10.1. The highest BCUT2D eigenvalue weighted by atomic mass is 16.5. The average Bonchev–Trinajstić information content (AvgIpc) is 2.74. The molecule has 2 N–H and O–H groups in total. The average molecular weight is 260 g/mol. The van der Waals surface area contributed by atoms with Crippen molar-refractivity contribution in [3.8, 4) is 0 Å². The minimum Gasteiger partial charge on any atom is -0.374 e. The Kier molecular flexibility index (Phi) is 4.27. The maximum Gasteiger partial charge on any atom is 0.0741 e. The third-order valence-corrected chi connectivity index (χ3v) is 3.35. The summed E-state index contributed by atoms with van der Waals surface area (Å²) in [6.07, 6.45) is 2.46.